The lowest BCUT2D eigenvalue weighted by atomic mass is 9.97. The van der Waals surface area contributed by atoms with Gasteiger partial charge in [0.25, 0.3) is 0 Å². The summed E-state index contributed by atoms with van der Waals surface area (Å²) in [5.41, 5.74) is 3.51. The number of benzene rings is 2. The molecule has 1 aliphatic rings. The van der Waals surface area contributed by atoms with Gasteiger partial charge in [0, 0.05) is 18.9 Å². The Hall–Kier alpha value is -3.35. The highest BCUT2D eigenvalue weighted by Crippen LogP contribution is 2.44. The molecule has 3 rings (SSSR count). The van der Waals surface area contributed by atoms with Crippen molar-refractivity contribution in [1.82, 2.24) is 10.6 Å². The van der Waals surface area contributed by atoms with Gasteiger partial charge in [0.1, 0.15) is 12.1 Å². The zero-order valence-electron chi connectivity index (χ0n) is 19.9. The number of rotatable bonds is 12. The fourth-order valence-corrected chi connectivity index (χ4v) is 4.32. The predicted molar refractivity (Wildman–Crippen MR) is 131 cm³/mol. The van der Waals surface area contributed by atoms with E-state index >= 15 is 0 Å². The average Bonchev–Trinajstić information content (AvgIpc) is 3.15. The number of amides is 2. The van der Waals surface area contributed by atoms with Gasteiger partial charge < -0.3 is 20.5 Å². The van der Waals surface area contributed by atoms with Crippen molar-refractivity contribution in [3.63, 3.8) is 0 Å². The maximum atomic E-state index is 12.7. The van der Waals surface area contributed by atoms with Crippen molar-refractivity contribution in [2.75, 3.05) is 13.2 Å². The molecule has 0 aromatic heterocycles. The molecule has 0 saturated carbocycles. The van der Waals surface area contributed by atoms with Crippen LogP contribution in [0.3, 0.4) is 0 Å². The normalized spacial score (nSPS) is 13.9. The van der Waals surface area contributed by atoms with Gasteiger partial charge in [-0.1, -0.05) is 68.3 Å². The summed E-state index contributed by atoms with van der Waals surface area (Å²) in [6.07, 6.45) is 3.03. The molecule has 0 saturated heterocycles. The van der Waals surface area contributed by atoms with E-state index in [0.717, 1.165) is 41.5 Å². The van der Waals surface area contributed by atoms with Crippen molar-refractivity contribution in [3.8, 4) is 11.1 Å². The minimum Gasteiger partial charge on any atom is -0.481 e. The van der Waals surface area contributed by atoms with E-state index in [1.807, 2.05) is 31.2 Å². The summed E-state index contributed by atoms with van der Waals surface area (Å²) in [5.74, 6) is -1.08. The number of carboxylic acids is 1. The molecule has 2 amide bonds. The van der Waals surface area contributed by atoms with Gasteiger partial charge >= 0.3 is 12.1 Å². The number of ether oxygens (including phenoxy) is 1. The van der Waals surface area contributed by atoms with Crippen molar-refractivity contribution >= 4 is 18.0 Å². The monoisotopic (exact) mass is 466 g/mol. The van der Waals surface area contributed by atoms with Crippen LogP contribution in [0.2, 0.25) is 0 Å². The number of hydrogen-bond donors (Lipinski definition) is 3. The molecule has 0 radical (unpaired) electrons. The van der Waals surface area contributed by atoms with E-state index in [2.05, 4.69) is 34.9 Å². The summed E-state index contributed by atoms with van der Waals surface area (Å²) in [6.45, 7) is 4.21. The van der Waals surface area contributed by atoms with Crippen molar-refractivity contribution in [1.29, 1.82) is 0 Å². The lowest BCUT2D eigenvalue weighted by Gasteiger charge is -2.28. The van der Waals surface area contributed by atoms with E-state index in [1.54, 1.807) is 6.92 Å². The van der Waals surface area contributed by atoms with Crippen molar-refractivity contribution in [2.45, 2.75) is 63.8 Å². The molecule has 2 aromatic rings. The number of carbonyl (C=O) groups excluding carboxylic acids is 2. The molecule has 7 heteroatoms. The molecule has 1 unspecified atom stereocenters. The molecule has 0 bridgehead atoms. The highest BCUT2D eigenvalue weighted by molar-refractivity contribution is 5.89. The lowest BCUT2D eigenvalue weighted by Crippen LogP contribution is -2.56. The van der Waals surface area contributed by atoms with Crippen LogP contribution < -0.4 is 10.6 Å². The van der Waals surface area contributed by atoms with Crippen molar-refractivity contribution in [3.05, 3.63) is 59.7 Å². The van der Waals surface area contributed by atoms with Gasteiger partial charge in [-0.05, 0) is 48.4 Å². The Kier molecular flexibility index (Phi) is 8.68. The molecule has 2 aromatic carbocycles. The third-order valence-electron chi connectivity index (χ3n) is 6.53. The van der Waals surface area contributed by atoms with Crippen LogP contribution in [0.25, 0.3) is 11.1 Å². The molecule has 0 fully saturated rings. The second-order valence-corrected chi connectivity index (χ2v) is 8.95. The summed E-state index contributed by atoms with van der Waals surface area (Å²) in [4.78, 5) is 35.9. The number of nitrogens with one attached hydrogen (secondary N) is 2. The summed E-state index contributed by atoms with van der Waals surface area (Å²) >= 11 is 0. The predicted octanol–water partition coefficient (Wildman–Crippen LogP) is 4.85. The van der Waals surface area contributed by atoms with Crippen LogP contribution >= 0.6 is 0 Å². The first-order valence-corrected chi connectivity index (χ1v) is 12.0. The van der Waals surface area contributed by atoms with Crippen molar-refractivity contribution in [2.24, 2.45) is 0 Å². The first-order chi connectivity index (χ1) is 16.4. The van der Waals surface area contributed by atoms with E-state index in [4.69, 9.17) is 9.84 Å². The highest BCUT2D eigenvalue weighted by Gasteiger charge is 2.34. The second-order valence-electron chi connectivity index (χ2n) is 8.95. The quantitative estimate of drug-likeness (QED) is 0.388. The van der Waals surface area contributed by atoms with E-state index in [1.165, 1.54) is 0 Å². The molecular weight excluding hydrogens is 432 g/mol. The number of fused-ring (bicyclic) bond motifs is 3. The fourth-order valence-electron chi connectivity index (χ4n) is 4.32. The highest BCUT2D eigenvalue weighted by atomic mass is 16.5. The first kappa shape index (κ1) is 25.3. The molecule has 0 spiro atoms. The van der Waals surface area contributed by atoms with E-state index in [0.29, 0.717) is 19.4 Å². The second kappa shape index (κ2) is 11.7. The molecule has 1 atom stereocenters. The van der Waals surface area contributed by atoms with E-state index in [-0.39, 0.29) is 24.9 Å². The molecule has 0 heterocycles. The van der Waals surface area contributed by atoms with Gasteiger partial charge in [-0.3, -0.25) is 9.59 Å². The zero-order chi connectivity index (χ0) is 24.6. The molecule has 0 aliphatic heterocycles. The van der Waals surface area contributed by atoms with Crippen molar-refractivity contribution < 1.29 is 24.2 Å². The largest absolute Gasteiger partial charge is 0.481 e. The van der Waals surface area contributed by atoms with Crippen LogP contribution in [-0.4, -0.2) is 41.8 Å². The summed E-state index contributed by atoms with van der Waals surface area (Å²) in [5, 5.41) is 14.3. The molecule has 3 N–H and O–H groups in total. The van der Waals surface area contributed by atoms with Gasteiger partial charge in [-0.2, -0.15) is 0 Å². The summed E-state index contributed by atoms with van der Waals surface area (Å²) in [7, 11) is 0. The standard InChI is InChI=1S/C27H34N2O5/c1-3-27(2,25(32)28-17-11-5-4-6-16-24(30)31)29-26(33)34-18-23-21-14-9-7-12-19(21)20-13-8-10-15-22(20)23/h7-10,12-15,23H,3-6,11,16-18H2,1-2H3,(H,28,32)(H,29,33)(H,30,31). The van der Waals surface area contributed by atoms with Crippen LogP contribution in [0.4, 0.5) is 4.79 Å². The Bertz CT molecular complexity index is 976. The number of aliphatic carboxylic acids is 1. The molecule has 1 aliphatic carbocycles. The summed E-state index contributed by atoms with van der Waals surface area (Å²) < 4.78 is 5.60. The zero-order valence-corrected chi connectivity index (χ0v) is 19.9. The van der Waals surface area contributed by atoms with Gasteiger partial charge in [0.2, 0.25) is 5.91 Å². The number of carboxylic acid groups (broad SMARTS) is 1. The third kappa shape index (κ3) is 6.16. The Morgan fingerprint density at radius 3 is 2.12 bits per heavy atom. The van der Waals surface area contributed by atoms with Crippen LogP contribution in [0, 0.1) is 0 Å². The Morgan fingerprint density at radius 1 is 0.941 bits per heavy atom. The van der Waals surface area contributed by atoms with E-state index < -0.39 is 17.6 Å². The Morgan fingerprint density at radius 2 is 1.53 bits per heavy atom. The maximum absolute atomic E-state index is 12.7. The number of carbonyl (C=O) groups is 3. The van der Waals surface area contributed by atoms with Crippen LogP contribution in [0.1, 0.15) is 69.4 Å². The minimum atomic E-state index is -1.08. The maximum Gasteiger partial charge on any atom is 0.408 e. The number of hydrogen-bond acceptors (Lipinski definition) is 4. The van der Waals surface area contributed by atoms with Gasteiger partial charge in [-0.25, -0.2) is 4.79 Å². The Labute approximate surface area is 200 Å². The molecular formula is C27H34N2O5. The van der Waals surface area contributed by atoms with Crippen LogP contribution in [0.15, 0.2) is 48.5 Å². The number of alkyl carbamates (subject to hydrolysis) is 1. The van der Waals surface area contributed by atoms with Crippen LogP contribution in [-0.2, 0) is 14.3 Å². The molecule has 182 valence electrons. The first-order valence-electron chi connectivity index (χ1n) is 12.0. The Balaban J connectivity index is 1.49. The smallest absolute Gasteiger partial charge is 0.408 e. The minimum absolute atomic E-state index is 0.0408. The topological polar surface area (TPSA) is 105 Å². The van der Waals surface area contributed by atoms with Gasteiger partial charge in [-0.15, -0.1) is 0 Å². The average molecular weight is 467 g/mol. The number of unbranched alkanes of at least 4 members (excludes halogenated alkanes) is 3. The van der Waals surface area contributed by atoms with E-state index in [9.17, 15) is 14.4 Å². The molecule has 34 heavy (non-hydrogen) atoms. The van der Waals surface area contributed by atoms with Gasteiger partial charge in [0.05, 0.1) is 0 Å². The SMILES string of the molecule is CCC(C)(NC(=O)OCC1c2ccccc2-c2ccccc21)C(=O)NCCCCCCC(=O)O. The fraction of sp³-hybridized carbons (Fsp3) is 0.444. The molecule has 7 nitrogen and oxygen atoms in total. The third-order valence-corrected chi connectivity index (χ3v) is 6.53. The lowest BCUT2D eigenvalue weighted by molar-refractivity contribution is -0.137. The summed E-state index contributed by atoms with van der Waals surface area (Å²) in [6, 6.07) is 16.3. The van der Waals surface area contributed by atoms with Crippen LogP contribution in [0.5, 0.6) is 0 Å². The van der Waals surface area contributed by atoms with Gasteiger partial charge in [0.15, 0.2) is 0 Å².